The number of ether oxygens (including phenoxy) is 5. The fraction of sp³-hybridized carbons (Fsp3) is 0.528. The number of likely N-dealkylation sites (tertiary alicyclic amines) is 1. The monoisotopic (exact) mass is 712 g/mol. The van der Waals surface area contributed by atoms with Gasteiger partial charge in [0, 0.05) is 36.1 Å². The zero-order valence-electron chi connectivity index (χ0n) is 29.2. The zero-order chi connectivity index (χ0) is 35.5. The van der Waals surface area contributed by atoms with Gasteiger partial charge in [-0.3, -0.25) is 0 Å². The summed E-state index contributed by atoms with van der Waals surface area (Å²) in [6.07, 6.45) is 2.33. The Bertz CT molecular complexity index is 1660. The van der Waals surface area contributed by atoms with Gasteiger partial charge in [0.1, 0.15) is 18.0 Å². The number of nitrogens with one attached hydrogen (secondary N) is 1. The van der Waals surface area contributed by atoms with Crippen LogP contribution in [0.5, 0.6) is 11.6 Å². The van der Waals surface area contributed by atoms with Gasteiger partial charge < -0.3 is 44.4 Å². The molecule has 0 unspecified atom stereocenters. The number of carbonyl (C=O) groups excluding carboxylic acids is 1. The Labute approximate surface area is 297 Å². The molecule has 0 atom stereocenters. The number of nitrogens with zero attached hydrogens (tertiary/aromatic N) is 4. The summed E-state index contributed by atoms with van der Waals surface area (Å²) < 4.78 is 29.2. The summed E-state index contributed by atoms with van der Waals surface area (Å²) in [7, 11) is 0. The van der Waals surface area contributed by atoms with Crippen LogP contribution >= 0.6 is 11.6 Å². The van der Waals surface area contributed by atoms with E-state index >= 15 is 0 Å². The fourth-order valence-electron chi connectivity index (χ4n) is 5.77. The van der Waals surface area contributed by atoms with Crippen LogP contribution in [0.15, 0.2) is 42.5 Å². The number of rotatable bonds is 17. The van der Waals surface area contributed by atoms with Crippen LogP contribution in [0, 0.1) is 0 Å². The van der Waals surface area contributed by atoms with Crippen LogP contribution in [0.1, 0.15) is 56.4 Å². The van der Waals surface area contributed by atoms with Crippen molar-refractivity contribution in [3.63, 3.8) is 0 Å². The Morgan fingerprint density at radius 3 is 2.28 bits per heavy atom. The number of benzene rings is 2. The van der Waals surface area contributed by atoms with Gasteiger partial charge in [-0.05, 0) is 82.3 Å². The number of aromatic nitrogens is 4. The van der Waals surface area contributed by atoms with E-state index in [0.29, 0.717) is 108 Å². The Morgan fingerprint density at radius 1 is 0.960 bits per heavy atom. The number of carbonyl (C=O) groups is 1. The van der Waals surface area contributed by atoms with Crippen LogP contribution in [-0.2, 0) is 31.8 Å². The normalized spacial score (nSPS) is 14.1. The molecule has 4 aromatic rings. The molecule has 50 heavy (non-hydrogen) atoms. The van der Waals surface area contributed by atoms with Crippen LogP contribution in [0.4, 0.5) is 4.79 Å². The Hall–Kier alpha value is -3.88. The van der Waals surface area contributed by atoms with Crippen molar-refractivity contribution in [3.8, 4) is 17.6 Å². The number of aryl methyl sites for hydroxylation is 1. The van der Waals surface area contributed by atoms with Crippen molar-refractivity contribution < 1.29 is 33.6 Å². The molecule has 13 nitrogen and oxygen atoms in total. The third-order valence-corrected chi connectivity index (χ3v) is 8.48. The van der Waals surface area contributed by atoms with Gasteiger partial charge >= 0.3 is 6.09 Å². The van der Waals surface area contributed by atoms with Gasteiger partial charge in [0.05, 0.1) is 56.4 Å². The second-order valence-corrected chi connectivity index (χ2v) is 13.6. The van der Waals surface area contributed by atoms with Gasteiger partial charge in [0.25, 0.3) is 0 Å². The molecule has 272 valence electrons. The first-order valence-corrected chi connectivity index (χ1v) is 17.6. The first kappa shape index (κ1) is 37.4. The van der Waals surface area contributed by atoms with Crippen molar-refractivity contribution >= 4 is 28.7 Å². The van der Waals surface area contributed by atoms with E-state index < -0.39 is 5.60 Å². The van der Waals surface area contributed by atoms with Crippen molar-refractivity contribution in [2.45, 2.75) is 58.0 Å². The van der Waals surface area contributed by atoms with Crippen LogP contribution < -0.4 is 10.5 Å². The molecule has 5 rings (SSSR count). The summed E-state index contributed by atoms with van der Waals surface area (Å²) in [4.78, 5) is 22.4. The molecular formula is C36H49ClN6O7. The van der Waals surface area contributed by atoms with Crippen molar-refractivity contribution in [3.05, 3.63) is 64.3 Å². The minimum Gasteiger partial charge on any atom is -0.493 e. The van der Waals surface area contributed by atoms with Gasteiger partial charge in [-0.15, -0.1) is 0 Å². The van der Waals surface area contributed by atoms with Crippen LogP contribution in [0.25, 0.3) is 17.0 Å². The van der Waals surface area contributed by atoms with Gasteiger partial charge in [0.2, 0.25) is 11.8 Å². The molecule has 1 aliphatic rings. The molecule has 0 radical (unpaired) electrons. The maximum absolute atomic E-state index is 12.7. The number of aromatic hydroxyl groups is 1. The predicted molar refractivity (Wildman–Crippen MR) is 191 cm³/mol. The summed E-state index contributed by atoms with van der Waals surface area (Å²) in [6, 6.07) is 13.3. The molecule has 1 aliphatic heterocycles. The number of imidazole rings is 1. The highest BCUT2D eigenvalue weighted by molar-refractivity contribution is 6.31. The van der Waals surface area contributed by atoms with Crippen LogP contribution in [0.2, 0.25) is 5.02 Å². The Balaban J connectivity index is 1.19. The second-order valence-electron chi connectivity index (χ2n) is 13.2. The summed E-state index contributed by atoms with van der Waals surface area (Å²) >= 11 is 6.20. The number of hydrogen-bond acceptors (Lipinski definition) is 10. The van der Waals surface area contributed by atoms with E-state index in [1.165, 1.54) is 4.68 Å². The molecule has 2 aromatic carbocycles. The van der Waals surface area contributed by atoms with E-state index in [2.05, 4.69) is 9.97 Å². The lowest BCUT2D eigenvalue weighted by atomic mass is 9.90. The predicted octanol–water partition coefficient (Wildman–Crippen LogP) is 5.39. The lowest BCUT2D eigenvalue weighted by Crippen LogP contribution is -2.41. The lowest BCUT2D eigenvalue weighted by molar-refractivity contribution is 0.0106. The SMILES string of the molecule is CC(C)(C)OC(=O)N1CCC(c2nn(-c3nc4cc(Cl)ccc4[nH]3)c(O)c2CCc2ccc(OCCOCCOCCOCCN)cc2)CC1. The smallest absolute Gasteiger partial charge is 0.410 e. The molecule has 3 heterocycles. The number of amides is 1. The van der Waals surface area contributed by atoms with E-state index in [9.17, 15) is 9.90 Å². The highest BCUT2D eigenvalue weighted by Crippen LogP contribution is 2.36. The van der Waals surface area contributed by atoms with Crippen molar-refractivity contribution in [1.29, 1.82) is 0 Å². The van der Waals surface area contributed by atoms with Crippen LogP contribution in [-0.4, -0.2) is 107 Å². The van der Waals surface area contributed by atoms with E-state index in [1.807, 2.05) is 51.1 Å². The first-order chi connectivity index (χ1) is 24.1. The molecule has 0 bridgehead atoms. The van der Waals surface area contributed by atoms with Gasteiger partial charge in [-0.25, -0.2) is 9.78 Å². The standard InChI is InChI=1S/C36H49ClN6O7/c1-36(2,3)50-35(45)42-15-12-26(13-16-42)32-29(33(44)43(41-32)34-39-30-11-7-27(37)24-31(30)40-34)10-6-25-4-8-28(9-5-25)49-23-22-48-21-20-47-19-18-46-17-14-38/h4-5,7-9,11,24,26,44H,6,10,12-23,38H2,1-3H3,(H,39,40). The summed E-state index contributed by atoms with van der Waals surface area (Å²) in [5.41, 5.74) is 8.97. The van der Waals surface area contributed by atoms with Crippen LogP contribution in [0.3, 0.4) is 0 Å². The maximum Gasteiger partial charge on any atom is 0.410 e. The Morgan fingerprint density at radius 2 is 1.62 bits per heavy atom. The van der Waals surface area contributed by atoms with Crippen molar-refractivity contribution in [2.75, 3.05) is 65.9 Å². The average molecular weight is 713 g/mol. The number of H-pyrrole nitrogens is 1. The Kier molecular flexibility index (Phi) is 13.4. The van der Waals surface area contributed by atoms with E-state index in [-0.39, 0.29) is 17.9 Å². The average Bonchev–Trinajstić information content (AvgIpc) is 3.66. The molecule has 4 N–H and O–H groups in total. The summed E-state index contributed by atoms with van der Waals surface area (Å²) in [5.74, 6) is 1.26. The molecule has 1 fully saturated rings. The highest BCUT2D eigenvalue weighted by atomic mass is 35.5. The van der Waals surface area contributed by atoms with Crippen molar-refractivity contribution in [1.82, 2.24) is 24.6 Å². The lowest BCUT2D eigenvalue weighted by Gasteiger charge is -2.33. The minimum atomic E-state index is -0.558. The number of aromatic amines is 1. The first-order valence-electron chi connectivity index (χ1n) is 17.2. The zero-order valence-corrected chi connectivity index (χ0v) is 29.9. The maximum atomic E-state index is 12.7. The third kappa shape index (κ3) is 10.6. The molecule has 1 saturated heterocycles. The largest absolute Gasteiger partial charge is 0.493 e. The molecule has 0 saturated carbocycles. The van der Waals surface area contributed by atoms with Gasteiger partial charge in [0.15, 0.2) is 0 Å². The third-order valence-electron chi connectivity index (χ3n) is 8.24. The second kappa shape index (κ2) is 17.9. The molecule has 14 heteroatoms. The number of piperidine rings is 1. The molecule has 0 aliphatic carbocycles. The van der Waals surface area contributed by atoms with Gasteiger partial charge in [-0.1, -0.05) is 23.7 Å². The number of nitrogens with two attached hydrogens (primary N) is 1. The number of fused-ring (bicyclic) bond motifs is 1. The topological polar surface area (TPSA) is 159 Å². The quantitative estimate of drug-likeness (QED) is 0.121. The number of halogens is 1. The fourth-order valence-corrected chi connectivity index (χ4v) is 5.93. The molecular weight excluding hydrogens is 664 g/mol. The van der Waals surface area contributed by atoms with E-state index in [0.717, 1.165) is 28.1 Å². The van der Waals surface area contributed by atoms with E-state index in [1.54, 1.807) is 17.0 Å². The van der Waals surface area contributed by atoms with Crippen molar-refractivity contribution in [2.24, 2.45) is 5.73 Å². The number of hydrogen-bond donors (Lipinski definition) is 3. The summed E-state index contributed by atoms with van der Waals surface area (Å²) in [6.45, 7) is 10.6. The highest BCUT2D eigenvalue weighted by Gasteiger charge is 2.32. The molecule has 2 aromatic heterocycles. The van der Waals surface area contributed by atoms with E-state index in [4.69, 9.17) is 46.1 Å². The van der Waals surface area contributed by atoms with Gasteiger partial charge in [-0.2, -0.15) is 9.78 Å². The molecule has 1 amide bonds. The summed E-state index contributed by atoms with van der Waals surface area (Å²) in [5, 5.41) is 17.1. The minimum absolute atomic E-state index is 0.0463. The molecule has 0 spiro atoms.